The number of amides is 2. The van der Waals surface area contributed by atoms with Gasteiger partial charge in [-0.25, -0.2) is 0 Å². The molecule has 2 amide bonds. The molecule has 0 atom stereocenters. The first-order valence-electron chi connectivity index (χ1n) is 8.70. The molecule has 0 saturated carbocycles. The maximum absolute atomic E-state index is 12.5. The van der Waals surface area contributed by atoms with E-state index in [9.17, 15) is 9.59 Å². The third-order valence-corrected chi connectivity index (χ3v) is 4.60. The molecular weight excluding hydrogens is 401 g/mol. The summed E-state index contributed by atoms with van der Waals surface area (Å²) in [4.78, 5) is 26.5. The lowest BCUT2D eigenvalue weighted by molar-refractivity contribution is 0.0772. The van der Waals surface area contributed by atoms with Crippen molar-refractivity contribution < 1.29 is 14.3 Å². The SMILES string of the molecule is CCN(CC)C(=O)c1ccc(CNC(=O)c2cc(Cl)c(N)cc2OC)cc1.Cl. The first-order valence-corrected chi connectivity index (χ1v) is 9.08. The standard InChI is InChI=1S/C20H24ClN3O3.ClH/c1-4-24(5-2)20(26)14-8-6-13(7-9-14)12-23-19(25)15-10-16(21)17(22)11-18(15)27-3;/h6-11H,4-5,12,22H2,1-3H3,(H,23,25);1H. The zero-order valence-corrected chi connectivity index (χ0v) is 17.7. The third-order valence-electron chi connectivity index (χ3n) is 4.27. The van der Waals surface area contributed by atoms with Crippen molar-refractivity contribution in [1.29, 1.82) is 0 Å². The van der Waals surface area contributed by atoms with Crippen molar-refractivity contribution in [1.82, 2.24) is 10.2 Å². The number of nitrogens with two attached hydrogens (primary N) is 1. The number of ether oxygens (including phenoxy) is 1. The summed E-state index contributed by atoms with van der Waals surface area (Å²) >= 11 is 6.00. The molecule has 0 saturated heterocycles. The second-order valence-corrected chi connectivity index (χ2v) is 6.34. The van der Waals surface area contributed by atoms with E-state index in [0.717, 1.165) is 5.56 Å². The quantitative estimate of drug-likeness (QED) is 0.661. The summed E-state index contributed by atoms with van der Waals surface area (Å²) in [6, 6.07) is 10.2. The molecule has 0 aliphatic rings. The number of hydrogen-bond donors (Lipinski definition) is 2. The van der Waals surface area contributed by atoms with Crippen molar-refractivity contribution in [3.05, 3.63) is 58.1 Å². The molecule has 2 aromatic carbocycles. The molecule has 0 radical (unpaired) electrons. The van der Waals surface area contributed by atoms with Crippen LogP contribution in [0.3, 0.4) is 0 Å². The van der Waals surface area contributed by atoms with E-state index in [4.69, 9.17) is 22.1 Å². The molecular formula is C20H25Cl2N3O3. The first-order chi connectivity index (χ1) is 12.9. The summed E-state index contributed by atoms with van der Waals surface area (Å²) in [5.41, 5.74) is 7.89. The van der Waals surface area contributed by atoms with Crippen LogP contribution in [0, 0.1) is 0 Å². The third kappa shape index (κ3) is 5.53. The number of nitrogens with one attached hydrogen (secondary N) is 1. The van der Waals surface area contributed by atoms with E-state index in [2.05, 4.69) is 5.32 Å². The van der Waals surface area contributed by atoms with Gasteiger partial charge in [-0.3, -0.25) is 9.59 Å². The normalized spacial score (nSPS) is 10.0. The molecule has 152 valence electrons. The van der Waals surface area contributed by atoms with Crippen LogP contribution in [0.2, 0.25) is 5.02 Å². The average Bonchev–Trinajstić information content (AvgIpc) is 2.69. The fourth-order valence-corrected chi connectivity index (χ4v) is 2.82. The van der Waals surface area contributed by atoms with Gasteiger partial charge in [0.1, 0.15) is 5.75 Å². The molecule has 0 heterocycles. The summed E-state index contributed by atoms with van der Waals surface area (Å²) < 4.78 is 5.20. The van der Waals surface area contributed by atoms with Crippen LogP contribution in [-0.4, -0.2) is 36.9 Å². The zero-order chi connectivity index (χ0) is 20.0. The zero-order valence-electron chi connectivity index (χ0n) is 16.1. The maximum Gasteiger partial charge on any atom is 0.255 e. The molecule has 0 spiro atoms. The lowest BCUT2D eigenvalue weighted by Gasteiger charge is -2.18. The van der Waals surface area contributed by atoms with Crippen molar-refractivity contribution in [2.75, 3.05) is 25.9 Å². The van der Waals surface area contributed by atoms with Crippen molar-refractivity contribution in [3.63, 3.8) is 0 Å². The highest BCUT2D eigenvalue weighted by Gasteiger charge is 2.15. The lowest BCUT2D eigenvalue weighted by Crippen LogP contribution is -2.30. The second kappa shape index (κ2) is 10.8. The van der Waals surface area contributed by atoms with Crippen LogP contribution < -0.4 is 15.8 Å². The number of nitrogens with zero attached hydrogens (tertiary/aromatic N) is 1. The molecule has 3 N–H and O–H groups in total. The smallest absolute Gasteiger partial charge is 0.255 e. The van der Waals surface area contributed by atoms with Crippen molar-refractivity contribution in [2.45, 2.75) is 20.4 Å². The molecule has 2 rings (SSSR count). The number of carbonyl (C=O) groups excluding carboxylic acids is 2. The minimum absolute atomic E-state index is 0. The molecule has 2 aromatic rings. The molecule has 0 aliphatic heterocycles. The van der Waals surface area contributed by atoms with Crippen LogP contribution >= 0.6 is 24.0 Å². The van der Waals surface area contributed by atoms with E-state index in [0.29, 0.717) is 47.2 Å². The topological polar surface area (TPSA) is 84.7 Å². The van der Waals surface area contributed by atoms with Gasteiger partial charge in [0.05, 0.1) is 23.4 Å². The number of halogens is 2. The number of rotatable bonds is 7. The van der Waals surface area contributed by atoms with Gasteiger partial charge in [0.25, 0.3) is 11.8 Å². The van der Waals surface area contributed by atoms with Crippen molar-refractivity contribution in [3.8, 4) is 5.75 Å². The van der Waals surface area contributed by atoms with Gasteiger partial charge in [0.15, 0.2) is 0 Å². The highest BCUT2D eigenvalue weighted by molar-refractivity contribution is 6.33. The Balaban J connectivity index is 0.00000392. The lowest BCUT2D eigenvalue weighted by atomic mass is 10.1. The van der Waals surface area contributed by atoms with Gasteiger partial charge in [-0.15, -0.1) is 12.4 Å². The highest BCUT2D eigenvalue weighted by atomic mass is 35.5. The summed E-state index contributed by atoms with van der Waals surface area (Å²) in [5, 5.41) is 3.11. The molecule has 0 aromatic heterocycles. The van der Waals surface area contributed by atoms with Gasteiger partial charge < -0.3 is 20.7 Å². The van der Waals surface area contributed by atoms with Crippen LogP contribution in [0.1, 0.15) is 40.1 Å². The predicted octanol–water partition coefficient (Wildman–Crippen LogP) is 3.76. The monoisotopic (exact) mass is 425 g/mol. The Labute approximate surface area is 176 Å². The van der Waals surface area contributed by atoms with E-state index >= 15 is 0 Å². The van der Waals surface area contributed by atoms with Gasteiger partial charge in [-0.05, 0) is 37.6 Å². The fourth-order valence-electron chi connectivity index (χ4n) is 2.65. The summed E-state index contributed by atoms with van der Waals surface area (Å²) in [6.07, 6.45) is 0. The van der Waals surface area contributed by atoms with Gasteiger partial charge >= 0.3 is 0 Å². The molecule has 0 aliphatic carbocycles. The van der Waals surface area contributed by atoms with E-state index in [-0.39, 0.29) is 24.2 Å². The van der Waals surface area contributed by atoms with Gasteiger partial charge in [-0.2, -0.15) is 0 Å². The molecule has 28 heavy (non-hydrogen) atoms. The number of nitrogen functional groups attached to an aromatic ring is 1. The molecule has 0 unspecified atom stereocenters. The number of anilines is 1. The Kier molecular flexibility index (Phi) is 9.09. The number of hydrogen-bond acceptors (Lipinski definition) is 4. The van der Waals surface area contributed by atoms with Crippen LogP contribution in [0.4, 0.5) is 5.69 Å². The Morgan fingerprint density at radius 1 is 1.14 bits per heavy atom. The fraction of sp³-hybridized carbons (Fsp3) is 0.300. The predicted molar refractivity (Wildman–Crippen MR) is 115 cm³/mol. The summed E-state index contributed by atoms with van der Waals surface area (Å²) in [5.74, 6) is 0.0310. The van der Waals surface area contributed by atoms with Crippen LogP contribution in [-0.2, 0) is 6.54 Å². The Morgan fingerprint density at radius 3 is 2.29 bits per heavy atom. The number of methoxy groups -OCH3 is 1. The van der Waals surface area contributed by atoms with Gasteiger partial charge in [0, 0.05) is 31.3 Å². The van der Waals surface area contributed by atoms with Gasteiger partial charge in [0.2, 0.25) is 0 Å². The number of benzene rings is 2. The summed E-state index contributed by atoms with van der Waals surface area (Å²) in [6.45, 7) is 5.54. The molecule has 6 nitrogen and oxygen atoms in total. The van der Waals surface area contributed by atoms with E-state index in [1.165, 1.54) is 19.2 Å². The van der Waals surface area contributed by atoms with Crippen molar-refractivity contribution >= 4 is 41.5 Å². The minimum atomic E-state index is -0.322. The second-order valence-electron chi connectivity index (χ2n) is 5.93. The molecule has 8 heteroatoms. The molecule has 0 fully saturated rings. The largest absolute Gasteiger partial charge is 0.496 e. The van der Waals surface area contributed by atoms with E-state index in [1.807, 2.05) is 26.0 Å². The number of carbonyl (C=O) groups is 2. The molecule has 0 bridgehead atoms. The Morgan fingerprint density at radius 2 is 1.75 bits per heavy atom. The van der Waals surface area contributed by atoms with Crippen molar-refractivity contribution in [2.24, 2.45) is 0 Å². The Bertz CT molecular complexity index is 822. The van der Waals surface area contributed by atoms with Crippen LogP contribution in [0.25, 0.3) is 0 Å². The summed E-state index contributed by atoms with van der Waals surface area (Å²) in [7, 11) is 1.46. The van der Waals surface area contributed by atoms with Gasteiger partial charge in [-0.1, -0.05) is 23.7 Å². The van der Waals surface area contributed by atoms with Crippen LogP contribution in [0.5, 0.6) is 5.75 Å². The highest BCUT2D eigenvalue weighted by Crippen LogP contribution is 2.28. The Hall–Kier alpha value is -2.44. The average molecular weight is 426 g/mol. The van der Waals surface area contributed by atoms with E-state index in [1.54, 1.807) is 17.0 Å². The minimum Gasteiger partial charge on any atom is -0.496 e. The maximum atomic E-state index is 12.5. The van der Waals surface area contributed by atoms with E-state index < -0.39 is 0 Å². The van der Waals surface area contributed by atoms with Crippen LogP contribution in [0.15, 0.2) is 36.4 Å². The first kappa shape index (κ1) is 23.6.